The fraction of sp³-hybridized carbons (Fsp3) is 0.417. The number of ether oxygens (including phenoxy) is 6. The summed E-state index contributed by atoms with van der Waals surface area (Å²) in [4.78, 5) is 23.9. The molecule has 0 aliphatic rings. The van der Waals surface area contributed by atoms with E-state index in [-0.39, 0.29) is 11.5 Å². The standard InChI is InChI=1S/C24H30O8/c1-6-18-19(10-11-30-13-12-27-3)22(17-9-7-8-16(2)14-17)21(32-24(26)29-5)15-20(18)31-23(25)28-4/h7-9,14-15H,6,10-13H2,1-5H3. The Bertz CT molecular complexity index is 922. The van der Waals surface area contributed by atoms with Crippen LogP contribution in [0.3, 0.4) is 0 Å². The van der Waals surface area contributed by atoms with Crippen molar-refractivity contribution in [3.63, 3.8) is 0 Å². The summed E-state index contributed by atoms with van der Waals surface area (Å²) < 4.78 is 30.9. The monoisotopic (exact) mass is 446 g/mol. The number of benzene rings is 2. The van der Waals surface area contributed by atoms with Gasteiger partial charge in [-0.2, -0.15) is 0 Å². The second kappa shape index (κ2) is 12.7. The van der Waals surface area contributed by atoms with Crippen LogP contribution in [0.25, 0.3) is 11.1 Å². The van der Waals surface area contributed by atoms with Gasteiger partial charge in [-0.05, 0) is 36.5 Å². The molecule has 0 fully saturated rings. The van der Waals surface area contributed by atoms with Crippen molar-refractivity contribution in [2.24, 2.45) is 0 Å². The maximum atomic E-state index is 12.0. The van der Waals surface area contributed by atoms with Crippen LogP contribution in [-0.4, -0.2) is 53.5 Å². The number of carbonyl (C=O) groups excluding carboxylic acids is 2. The lowest BCUT2D eigenvalue weighted by Crippen LogP contribution is -2.14. The number of aryl methyl sites for hydroxylation is 1. The molecule has 0 N–H and O–H groups in total. The topological polar surface area (TPSA) is 89.5 Å². The van der Waals surface area contributed by atoms with Gasteiger partial charge in [-0.3, -0.25) is 0 Å². The van der Waals surface area contributed by atoms with E-state index in [4.69, 9.17) is 23.7 Å². The van der Waals surface area contributed by atoms with Crippen molar-refractivity contribution in [2.45, 2.75) is 26.7 Å². The highest BCUT2D eigenvalue weighted by atomic mass is 16.7. The van der Waals surface area contributed by atoms with Gasteiger partial charge in [-0.15, -0.1) is 0 Å². The quantitative estimate of drug-likeness (QED) is 0.294. The van der Waals surface area contributed by atoms with E-state index in [1.165, 1.54) is 20.3 Å². The molecule has 0 bridgehead atoms. The average Bonchev–Trinajstić information content (AvgIpc) is 2.78. The highest BCUT2D eigenvalue weighted by Crippen LogP contribution is 2.42. The largest absolute Gasteiger partial charge is 0.513 e. The lowest BCUT2D eigenvalue weighted by Gasteiger charge is -2.21. The molecule has 8 nitrogen and oxygen atoms in total. The normalized spacial score (nSPS) is 10.5. The predicted octanol–water partition coefficient (Wildman–Crippen LogP) is 4.72. The van der Waals surface area contributed by atoms with Gasteiger partial charge in [0, 0.05) is 18.7 Å². The zero-order chi connectivity index (χ0) is 23.5. The molecule has 0 saturated heterocycles. The van der Waals surface area contributed by atoms with Crippen molar-refractivity contribution in [3.8, 4) is 22.6 Å². The Morgan fingerprint density at radius 3 is 2.12 bits per heavy atom. The van der Waals surface area contributed by atoms with Crippen molar-refractivity contribution in [1.29, 1.82) is 0 Å². The van der Waals surface area contributed by atoms with Gasteiger partial charge in [0.1, 0.15) is 11.5 Å². The predicted molar refractivity (Wildman–Crippen MR) is 118 cm³/mol. The molecule has 8 heteroatoms. The van der Waals surface area contributed by atoms with Crippen molar-refractivity contribution < 1.29 is 38.0 Å². The first-order valence-corrected chi connectivity index (χ1v) is 10.3. The minimum absolute atomic E-state index is 0.213. The van der Waals surface area contributed by atoms with Gasteiger partial charge in [0.05, 0.1) is 34.0 Å². The zero-order valence-electron chi connectivity index (χ0n) is 19.2. The van der Waals surface area contributed by atoms with Gasteiger partial charge < -0.3 is 28.4 Å². The Hall–Kier alpha value is -3.10. The maximum Gasteiger partial charge on any atom is 0.513 e. The first kappa shape index (κ1) is 25.2. The van der Waals surface area contributed by atoms with Crippen LogP contribution in [-0.2, 0) is 31.8 Å². The molecule has 0 atom stereocenters. The molecule has 0 aromatic heterocycles. The van der Waals surface area contributed by atoms with Gasteiger partial charge in [-0.1, -0.05) is 36.8 Å². The second-order valence-corrected chi connectivity index (χ2v) is 6.90. The average molecular weight is 446 g/mol. The van der Waals surface area contributed by atoms with Gasteiger partial charge in [0.2, 0.25) is 0 Å². The molecule has 0 unspecified atom stereocenters. The van der Waals surface area contributed by atoms with Crippen molar-refractivity contribution in [2.75, 3.05) is 41.2 Å². The molecule has 174 valence electrons. The second-order valence-electron chi connectivity index (χ2n) is 6.90. The Morgan fingerprint density at radius 1 is 0.844 bits per heavy atom. The Morgan fingerprint density at radius 2 is 1.53 bits per heavy atom. The van der Waals surface area contributed by atoms with E-state index in [1.807, 2.05) is 38.1 Å². The van der Waals surface area contributed by atoms with E-state index < -0.39 is 12.3 Å². The third-order valence-corrected chi connectivity index (χ3v) is 4.78. The van der Waals surface area contributed by atoms with Gasteiger partial charge >= 0.3 is 12.3 Å². The number of hydrogen-bond acceptors (Lipinski definition) is 8. The highest BCUT2D eigenvalue weighted by Gasteiger charge is 2.24. The Balaban J connectivity index is 2.67. The minimum atomic E-state index is -0.880. The van der Waals surface area contributed by atoms with Crippen LogP contribution in [0.4, 0.5) is 9.59 Å². The van der Waals surface area contributed by atoms with E-state index in [0.29, 0.717) is 38.2 Å². The van der Waals surface area contributed by atoms with E-state index in [0.717, 1.165) is 22.3 Å². The van der Waals surface area contributed by atoms with E-state index in [1.54, 1.807) is 7.11 Å². The number of carbonyl (C=O) groups is 2. The summed E-state index contributed by atoms with van der Waals surface area (Å²) in [5.41, 5.74) is 4.25. The molecule has 0 spiro atoms. The molecule has 0 amide bonds. The van der Waals surface area contributed by atoms with E-state index in [9.17, 15) is 9.59 Å². The summed E-state index contributed by atoms with van der Waals surface area (Å²) in [5.74, 6) is 0.465. The summed E-state index contributed by atoms with van der Waals surface area (Å²) in [6, 6.07) is 9.35. The Kier molecular flexibility index (Phi) is 9.97. The van der Waals surface area contributed by atoms with Crippen LogP contribution in [0, 0.1) is 6.92 Å². The van der Waals surface area contributed by atoms with E-state index >= 15 is 0 Å². The summed E-state index contributed by atoms with van der Waals surface area (Å²) in [5, 5.41) is 0. The van der Waals surface area contributed by atoms with Crippen LogP contribution < -0.4 is 9.47 Å². The van der Waals surface area contributed by atoms with Crippen LogP contribution in [0.15, 0.2) is 30.3 Å². The smallest absolute Gasteiger partial charge is 0.437 e. The van der Waals surface area contributed by atoms with Gasteiger partial charge in [-0.25, -0.2) is 9.59 Å². The lowest BCUT2D eigenvalue weighted by atomic mass is 9.90. The SMILES string of the molecule is CCc1c(OC(=O)OC)cc(OC(=O)OC)c(-c2cccc(C)c2)c1CCOCCOC. The zero-order valence-corrected chi connectivity index (χ0v) is 19.2. The third kappa shape index (κ3) is 6.70. The molecule has 0 aliphatic carbocycles. The van der Waals surface area contributed by atoms with Gasteiger partial charge in [0.15, 0.2) is 0 Å². The summed E-state index contributed by atoms with van der Waals surface area (Å²) in [6.45, 7) is 5.26. The fourth-order valence-corrected chi connectivity index (χ4v) is 3.36. The first-order chi connectivity index (χ1) is 15.4. The summed E-state index contributed by atoms with van der Waals surface area (Å²) in [6.07, 6.45) is -0.688. The molecule has 2 aromatic carbocycles. The molecule has 2 rings (SSSR count). The fourth-order valence-electron chi connectivity index (χ4n) is 3.36. The molecule has 0 radical (unpaired) electrons. The highest BCUT2D eigenvalue weighted by molar-refractivity contribution is 5.81. The number of hydrogen-bond donors (Lipinski definition) is 0. The molecule has 0 aliphatic heterocycles. The first-order valence-electron chi connectivity index (χ1n) is 10.3. The van der Waals surface area contributed by atoms with Gasteiger partial charge in [0.25, 0.3) is 0 Å². The molecular formula is C24H30O8. The maximum absolute atomic E-state index is 12.0. The summed E-state index contributed by atoms with van der Waals surface area (Å²) >= 11 is 0. The van der Waals surface area contributed by atoms with E-state index in [2.05, 4.69) is 4.74 Å². The molecular weight excluding hydrogens is 416 g/mol. The van der Waals surface area contributed by atoms with Crippen LogP contribution in [0.2, 0.25) is 0 Å². The van der Waals surface area contributed by atoms with Crippen molar-refractivity contribution in [3.05, 3.63) is 47.0 Å². The summed E-state index contributed by atoms with van der Waals surface area (Å²) in [7, 11) is 4.06. The third-order valence-electron chi connectivity index (χ3n) is 4.78. The molecule has 32 heavy (non-hydrogen) atoms. The van der Waals surface area contributed by atoms with Crippen LogP contribution in [0.1, 0.15) is 23.6 Å². The van der Waals surface area contributed by atoms with Crippen LogP contribution >= 0.6 is 0 Å². The number of rotatable bonds is 10. The molecule has 0 saturated carbocycles. The van der Waals surface area contributed by atoms with Crippen LogP contribution in [0.5, 0.6) is 11.5 Å². The number of methoxy groups -OCH3 is 3. The van der Waals surface area contributed by atoms with Crippen molar-refractivity contribution in [1.82, 2.24) is 0 Å². The molecule has 0 heterocycles. The lowest BCUT2D eigenvalue weighted by molar-refractivity contribution is 0.0722. The molecule has 2 aromatic rings. The van der Waals surface area contributed by atoms with Crippen molar-refractivity contribution >= 4 is 12.3 Å². The minimum Gasteiger partial charge on any atom is -0.437 e. The Labute approximate surface area is 188 Å².